The minimum absolute atomic E-state index is 0.179. The van der Waals surface area contributed by atoms with Gasteiger partial charge in [-0.1, -0.05) is 42.8 Å². The molecule has 0 unspecified atom stereocenters. The molecule has 1 aliphatic heterocycles. The van der Waals surface area contributed by atoms with Crippen LogP contribution in [0.1, 0.15) is 42.4 Å². The third-order valence-electron chi connectivity index (χ3n) is 4.96. The van der Waals surface area contributed by atoms with Gasteiger partial charge in [0.1, 0.15) is 17.6 Å². The molecule has 0 aromatic heterocycles. The highest BCUT2D eigenvalue weighted by Crippen LogP contribution is 2.56. The van der Waals surface area contributed by atoms with Crippen molar-refractivity contribution in [1.29, 1.82) is 0 Å². The van der Waals surface area contributed by atoms with Gasteiger partial charge in [-0.05, 0) is 36.5 Å². The van der Waals surface area contributed by atoms with Crippen molar-refractivity contribution >= 4 is 0 Å². The van der Waals surface area contributed by atoms with Gasteiger partial charge in [0.25, 0.3) is 0 Å². The van der Waals surface area contributed by atoms with Gasteiger partial charge in [0, 0.05) is 11.5 Å². The lowest BCUT2D eigenvalue weighted by Crippen LogP contribution is -2.27. The van der Waals surface area contributed by atoms with Gasteiger partial charge >= 0.3 is 0 Å². The van der Waals surface area contributed by atoms with Crippen LogP contribution in [0.25, 0.3) is 0 Å². The molecule has 2 nitrogen and oxygen atoms in total. The number of rotatable bonds is 2. The minimum Gasteiger partial charge on any atom is -0.496 e. The van der Waals surface area contributed by atoms with E-state index in [1.165, 1.54) is 30.4 Å². The van der Waals surface area contributed by atoms with Gasteiger partial charge < -0.3 is 9.47 Å². The van der Waals surface area contributed by atoms with Gasteiger partial charge in [0.15, 0.2) is 0 Å². The molecule has 2 heteroatoms. The maximum atomic E-state index is 6.39. The summed E-state index contributed by atoms with van der Waals surface area (Å²) in [6.45, 7) is 0. The van der Waals surface area contributed by atoms with Gasteiger partial charge in [0.2, 0.25) is 0 Å². The van der Waals surface area contributed by atoms with Gasteiger partial charge in [-0.2, -0.15) is 0 Å². The van der Waals surface area contributed by atoms with Gasteiger partial charge in [-0.15, -0.1) is 0 Å². The van der Waals surface area contributed by atoms with E-state index in [-0.39, 0.29) is 6.10 Å². The van der Waals surface area contributed by atoms with E-state index in [2.05, 4.69) is 42.5 Å². The molecule has 1 aliphatic carbocycles. The van der Waals surface area contributed by atoms with E-state index in [1.54, 1.807) is 7.11 Å². The molecule has 0 saturated heterocycles. The fraction of sp³-hybridized carbons (Fsp3) is 0.368. The summed E-state index contributed by atoms with van der Waals surface area (Å²) >= 11 is 0. The molecule has 0 spiro atoms. The standard InChI is InChI=1S/C19H20O2/c1-20-16-11-6-12-17-18(16)14-9-5-10-15(14)19(21-17)13-7-3-2-4-8-13/h2-4,6-8,11-12,14-15,19H,5,9-10H2,1H3/t14-,15-,19+/m0/s1. The fourth-order valence-electron chi connectivity index (χ4n) is 4.06. The Morgan fingerprint density at radius 3 is 2.67 bits per heavy atom. The topological polar surface area (TPSA) is 18.5 Å². The summed E-state index contributed by atoms with van der Waals surface area (Å²) in [5.41, 5.74) is 2.58. The first-order valence-corrected chi connectivity index (χ1v) is 7.77. The predicted octanol–water partition coefficient (Wildman–Crippen LogP) is 4.71. The van der Waals surface area contributed by atoms with Crippen molar-refractivity contribution in [2.75, 3.05) is 7.11 Å². The summed E-state index contributed by atoms with van der Waals surface area (Å²) in [6.07, 6.45) is 3.93. The molecule has 1 saturated carbocycles. The highest BCUT2D eigenvalue weighted by atomic mass is 16.5. The summed E-state index contributed by atoms with van der Waals surface area (Å²) in [5, 5.41) is 0. The van der Waals surface area contributed by atoms with E-state index in [0.717, 1.165) is 11.5 Å². The predicted molar refractivity (Wildman–Crippen MR) is 82.9 cm³/mol. The van der Waals surface area contributed by atoms with Crippen molar-refractivity contribution in [2.45, 2.75) is 31.3 Å². The number of hydrogen-bond acceptors (Lipinski definition) is 2. The molecule has 0 bridgehead atoms. The van der Waals surface area contributed by atoms with E-state index in [1.807, 2.05) is 6.07 Å². The first kappa shape index (κ1) is 12.8. The lowest BCUT2D eigenvalue weighted by molar-refractivity contribution is 0.102. The summed E-state index contributed by atoms with van der Waals surface area (Å²) in [5.74, 6) is 3.12. The van der Waals surface area contributed by atoms with Gasteiger partial charge in [-0.3, -0.25) is 0 Å². The highest BCUT2D eigenvalue weighted by Gasteiger charge is 2.43. The lowest BCUT2D eigenvalue weighted by atomic mass is 9.79. The Hall–Kier alpha value is -1.96. The van der Waals surface area contributed by atoms with Crippen LogP contribution in [0.5, 0.6) is 11.5 Å². The van der Waals surface area contributed by atoms with E-state index in [9.17, 15) is 0 Å². The number of ether oxygens (including phenoxy) is 2. The number of benzene rings is 2. The van der Waals surface area contributed by atoms with Crippen LogP contribution in [0.4, 0.5) is 0 Å². The maximum absolute atomic E-state index is 6.39. The molecule has 108 valence electrons. The van der Waals surface area contributed by atoms with Crippen LogP contribution in [-0.4, -0.2) is 7.11 Å². The zero-order chi connectivity index (χ0) is 14.2. The average molecular weight is 280 g/mol. The van der Waals surface area contributed by atoms with Gasteiger partial charge in [-0.25, -0.2) is 0 Å². The lowest BCUT2D eigenvalue weighted by Gasteiger charge is -2.37. The van der Waals surface area contributed by atoms with Crippen LogP contribution < -0.4 is 9.47 Å². The average Bonchev–Trinajstić information content (AvgIpc) is 3.03. The Kier molecular flexibility index (Phi) is 3.10. The summed E-state index contributed by atoms with van der Waals surface area (Å²) in [4.78, 5) is 0. The number of methoxy groups -OCH3 is 1. The second kappa shape index (κ2) is 5.10. The summed E-state index contributed by atoms with van der Waals surface area (Å²) in [6, 6.07) is 16.8. The number of fused-ring (bicyclic) bond motifs is 3. The monoisotopic (exact) mass is 280 g/mol. The van der Waals surface area contributed by atoms with E-state index in [4.69, 9.17) is 9.47 Å². The molecule has 2 aromatic rings. The molecule has 2 aliphatic rings. The summed E-state index contributed by atoms with van der Waals surface area (Å²) < 4.78 is 12.0. The Balaban J connectivity index is 1.81. The molecule has 0 amide bonds. The van der Waals surface area contributed by atoms with Crippen molar-refractivity contribution in [2.24, 2.45) is 5.92 Å². The Morgan fingerprint density at radius 2 is 1.86 bits per heavy atom. The molecular weight excluding hydrogens is 260 g/mol. The van der Waals surface area contributed by atoms with Crippen LogP contribution >= 0.6 is 0 Å². The highest BCUT2D eigenvalue weighted by molar-refractivity contribution is 5.50. The van der Waals surface area contributed by atoms with Crippen molar-refractivity contribution < 1.29 is 9.47 Å². The third-order valence-corrected chi connectivity index (χ3v) is 4.96. The zero-order valence-electron chi connectivity index (χ0n) is 12.3. The summed E-state index contributed by atoms with van der Waals surface area (Å²) in [7, 11) is 1.75. The van der Waals surface area contributed by atoms with Crippen LogP contribution in [0.15, 0.2) is 48.5 Å². The third kappa shape index (κ3) is 2.01. The maximum Gasteiger partial charge on any atom is 0.127 e. The molecule has 4 rings (SSSR count). The van der Waals surface area contributed by atoms with Gasteiger partial charge in [0.05, 0.1) is 7.11 Å². The van der Waals surface area contributed by atoms with Crippen molar-refractivity contribution in [3.8, 4) is 11.5 Å². The van der Waals surface area contributed by atoms with Crippen LogP contribution in [0, 0.1) is 5.92 Å². The molecule has 1 fully saturated rings. The molecule has 21 heavy (non-hydrogen) atoms. The molecule has 0 N–H and O–H groups in total. The fourth-order valence-corrected chi connectivity index (χ4v) is 4.06. The van der Waals surface area contributed by atoms with Crippen LogP contribution in [-0.2, 0) is 0 Å². The Labute approximate surface area is 125 Å². The first-order valence-electron chi connectivity index (χ1n) is 7.77. The number of hydrogen-bond donors (Lipinski definition) is 0. The van der Waals surface area contributed by atoms with Crippen molar-refractivity contribution in [1.82, 2.24) is 0 Å². The molecule has 1 heterocycles. The minimum atomic E-state index is 0.179. The largest absolute Gasteiger partial charge is 0.496 e. The smallest absolute Gasteiger partial charge is 0.127 e. The first-order chi connectivity index (χ1) is 10.4. The normalized spacial score (nSPS) is 26.6. The van der Waals surface area contributed by atoms with Crippen molar-refractivity contribution in [3.05, 3.63) is 59.7 Å². The Morgan fingerprint density at radius 1 is 1.00 bits per heavy atom. The van der Waals surface area contributed by atoms with Crippen LogP contribution in [0.3, 0.4) is 0 Å². The molecule has 3 atom stereocenters. The Bertz CT molecular complexity index is 635. The van der Waals surface area contributed by atoms with Crippen molar-refractivity contribution in [3.63, 3.8) is 0 Å². The van der Waals surface area contributed by atoms with E-state index in [0.29, 0.717) is 11.8 Å². The van der Waals surface area contributed by atoms with E-state index < -0.39 is 0 Å². The molecule has 0 radical (unpaired) electrons. The van der Waals surface area contributed by atoms with Crippen LogP contribution in [0.2, 0.25) is 0 Å². The molecular formula is C19H20O2. The quantitative estimate of drug-likeness (QED) is 0.793. The SMILES string of the molecule is COc1cccc2c1[C@H]1CCC[C@@H]1[C@@H](c1ccccc1)O2. The second-order valence-corrected chi connectivity index (χ2v) is 6.02. The molecule has 2 aromatic carbocycles. The second-order valence-electron chi connectivity index (χ2n) is 6.02. The van der Waals surface area contributed by atoms with E-state index >= 15 is 0 Å². The zero-order valence-corrected chi connectivity index (χ0v) is 12.3.